The molecule has 7 heteroatoms. The number of aromatic nitrogens is 2. The zero-order valence-electron chi connectivity index (χ0n) is 17.9. The number of halogens is 1. The molecule has 160 valence electrons. The van der Waals surface area contributed by atoms with Crippen molar-refractivity contribution in [2.75, 3.05) is 32.6 Å². The van der Waals surface area contributed by atoms with E-state index in [1.807, 2.05) is 72.6 Å². The van der Waals surface area contributed by atoms with Crippen LogP contribution < -0.4 is 9.64 Å². The van der Waals surface area contributed by atoms with E-state index in [-0.39, 0.29) is 11.9 Å². The lowest BCUT2D eigenvalue weighted by atomic mass is 9.99. The first-order chi connectivity index (χ1) is 15.0. The number of nitrogens with zero attached hydrogens (tertiary/aromatic N) is 4. The van der Waals surface area contributed by atoms with Crippen LogP contribution in [0.3, 0.4) is 0 Å². The number of methoxy groups -OCH3 is 1. The monoisotopic (exact) mass is 436 g/mol. The Kier molecular flexibility index (Phi) is 6.09. The van der Waals surface area contributed by atoms with Crippen molar-refractivity contribution in [1.29, 1.82) is 0 Å². The van der Waals surface area contributed by atoms with Gasteiger partial charge in [-0.3, -0.25) is 4.79 Å². The Morgan fingerprint density at radius 3 is 2.68 bits per heavy atom. The number of hydrogen-bond donors (Lipinski definition) is 0. The fourth-order valence-electron chi connectivity index (χ4n) is 3.92. The lowest BCUT2D eigenvalue weighted by Gasteiger charge is -2.27. The van der Waals surface area contributed by atoms with E-state index in [0.717, 1.165) is 29.7 Å². The van der Waals surface area contributed by atoms with Crippen LogP contribution in [0, 0.1) is 0 Å². The molecule has 1 aliphatic rings. The number of rotatable bonds is 5. The Bertz CT molecular complexity index is 1090. The maximum Gasteiger partial charge on any atom is 0.254 e. The van der Waals surface area contributed by atoms with Crippen LogP contribution in [0.2, 0.25) is 5.02 Å². The second-order valence-electron chi connectivity index (χ2n) is 7.76. The fraction of sp³-hybridized carbons (Fsp3) is 0.292. The molecule has 0 saturated carbocycles. The molecular formula is C24H25ClN4O2. The number of anilines is 1. The molecule has 31 heavy (non-hydrogen) atoms. The minimum absolute atomic E-state index is 0.0199. The molecule has 1 aromatic heterocycles. The van der Waals surface area contributed by atoms with Gasteiger partial charge < -0.3 is 14.5 Å². The molecule has 0 bridgehead atoms. The van der Waals surface area contributed by atoms with E-state index in [2.05, 4.69) is 4.98 Å². The van der Waals surface area contributed by atoms with Crippen molar-refractivity contribution in [2.24, 2.45) is 0 Å². The lowest BCUT2D eigenvalue weighted by molar-refractivity contribution is 0.0733. The third-order valence-corrected chi connectivity index (χ3v) is 5.76. The molecule has 0 radical (unpaired) electrons. The Morgan fingerprint density at radius 1 is 1.19 bits per heavy atom. The molecule has 1 fully saturated rings. The summed E-state index contributed by atoms with van der Waals surface area (Å²) in [6, 6.07) is 14.8. The number of hydrogen-bond acceptors (Lipinski definition) is 5. The largest absolute Gasteiger partial charge is 0.497 e. The van der Waals surface area contributed by atoms with Crippen molar-refractivity contribution in [1.82, 2.24) is 14.9 Å². The molecule has 0 spiro atoms. The summed E-state index contributed by atoms with van der Waals surface area (Å²) >= 11 is 6.09. The van der Waals surface area contributed by atoms with Crippen LogP contribution in [-0.4, -0.2) is 48.5 Å². The molecule has 4 rings (SSSR count). The second kappa shape index (κ2) is 8.94. The molecular weight excluding hydrogens is 412 g/mol. The predicted molar refractivity (Wildman–Crippen MR) is 123 cm³/mol. The van der Waals surface area contributed by atoms with Gasteiger partial charge in [-0.15, -0.1) is 0 Å². The van der Waals surface area contributed by atoms with Crippen molar-refractivity contribution < 1.29 is 9.53 Å². The Hall–Kier alpha value is -3.12. The Morgan fingerprint density at radius 2 is 1.97 bits per heavy atom. The minimum atomic E-state index is -0.133. The maximum absolute atomic E-state index is 13.4. The number of carbonyl (C=O) groups excluding carboxylic acids is 1. The van der Waals surface area contributed by atoms with Crippen LogP contribution in [0.25, 0.3) is 11.1 Å². The topological polar surface area (TPSA) is 58.6 Å². The highest BCUT2D eigenvalue weighted by Crippen LogP contribution is 2.38. The normalized spacial score (nSPS) is 15.7. The molecule has 6 nitrogen and oxygen atoms in total. The first kappa shape index (κ1) is 21.1. The van der Waals surface area contributed by atoms with E-state index in [0.29, 0.717) is 28.8 Å². The molecule has 1 atom stereocenters. The number of ether oxygens (including phenoxy) is 1. The lowest BCUT2D eigenvalue weighted by Crippen LogP contribution is -2.31. The maximum atomic E-state index is 13.4. The van der Waals surface area contributed by atoms with Crippen molar-refractivity contribution in [3.63, 3.8) is 0 Å². The SMILES string of the molecule is COc1cccc(C(=O)N2CCC[C@H]2c2nc(N(C)C)ncc2-c2ccc(Cl)cc2)c1. The van der Waals surface area contributed by atoms with Gasteiger partial charge in [-0.25, -0.2) is 9.97 Å². The Labute approximate surface area is 187 Å². The van der Waals surface area contributed by atoms with Gasteiger partial charge in [0.05, 0.1) is 18.8 Å². The quantitative estimate of drug-likeness (QED) is 0.572. The first-order valence-corrected chi connectivity index (χ1v) is 10.6. The molecule has 0 aliphatic carbocycles. The van der Waals surface area contributed by atoms with Gasteiger partial charge in [0.25, 0.3) is 5.91 Å². The summed E-state index contributed by atoms with van der Waals surface area (Å²) in [5, 5.41) is 0.673. The van der Waals surface area contributed by atoms with Crippen LogP contribution in [0.1, 0.15) is 34.9 Å². The van der Waals surface area contributed by atoms with Crippen LogP contribution in [-0.2, 0) is 0 Å². The third kappa shape index (κ3) is 4.35. The van der Waals surface area contributed by atoms with Crippen molar-refractivity contribution in [2.45, 2.75) is 18.9 Å². The van der Waals surface area contributed by atoms with E-state index >= 15 is 0 Å². The number of amides is 1. The summed E-state index contributed by atoms with van der Waals surface area (Å²) in [6.45, 7) is 0.683. The highest BCUT2D eigenvalue weighted by atomic mass is 35.5. The van der Waals surface area contributed by atoms with Gasteiger partial charge in [-0.05, 0) is 48.7 Å². The summed E-state index contributed by atoms with van der Waals surface area (Å²) < 4.78 is 5.30. The number of benzene rings is 2. The van der Waals surface area contributed by atoms with Crippen molar-refractivity contribution in [3.8, 4) is 16.9 Å². The summed E-state index contributed by atoms with van der Waals surface area (Å²) in [4.78, 5) is 26.6. The third-order valence-electron chi connectivity index (χ3n) is 5.51. The molecule has 1 aliphatic heterocycles. The zero-order valence-corrected chi connectivity index (χ0v) is 18.6. The molecule has 2 heterocycles. The van der Waals surface area contributed by atoms with Crippen LogP contribution in [0.15, 0.2) is 54.7 Å². The molecule has 0 N–H and O–H groups in total. The van der Waals surface area contributed by atoms with Gasteiger partial charge in [-0.1, -0.05) is 29.8 Å². The highest BCUT2D eigenvalue weighted by Gasteiger charge is 2.34. The van der Waals surface area contributed by atoms with Gasteiger partial charge in [0, 0.05) is 43.0 Å². The molecule has 1 saturated heterocycles. The minimum Gasteiger partial charge on any atom is -0.497 e. The average Bonchev–Trinajstić information content (AvgIpc) is 3.28. The van der Waals surface area contributed by atoms with E-state index in [4.69, 9.17) is 21.3 Å². The Balaban J connectivity index is 1.76. The smallest absolute Gasteiger partial charge is 0.254 e. The first-order valence-electron chi connectivity index (χ1n) is 10.2. The van der Waals surface area contributed by atoms with E-state index in [1.165, 1.54) is 0 Å². The van der Waals surface area contributed by atoms with E-state index < -0.39 is 0 Å². The van der Waals surface area contributed by atoms with Crippen LogP contribution in [0.5, 0.6) is 5.75 Å². The summed E-state index contributed by atoms with van der Waals surface area (Å²) in [5.74, 6) is 1.27. The zero-order chi connectivity index (χ0) is 22.0. The van der Waals surface area contributed by atoms with Crippen molar-refractivity contribution >= 4 is 23.5 Å². The van der Waals surface area contributed by atoms with Crippen LogP contribution in [0.4, 0.5) is 5.95 Å². The van der Waals surface area contributed by atoms with Gasteiger partial charge in [-0.2, -0.15) is 0 Å². The predicted octanol–water partition coefficient (Wildman–Crippen LogP) is 4.85. The molecule has 1 amide bonds. The molecule has 2 aromatic carbocycles. The standard InChI is InChI=1S/C24H25ClN4O2/c1-28(2)24-26-15-20(16-9-11-18(25)12-10-16)22(27-24)21-8-5-13-29(21)23(30)17-6-4-7-19(14-17)31-3/h4,6-7,9-12,14-15,21H,5,8,13H2,1-3H3/t21-/m0/s1. The van der Waals surface area contributed by atoms with Crippen LogP contribution >= 0.6 is 11.6 Å². The van der Waals surface area contributed by atoms with Gasteiger partial charge in [0.1, 0.15) is 5.75 Å². The second-order valence-corrected chi connectivity index (χ2v) is 8.20. The summed E-state index contributed by atoms with van der Waals surface area (Å²) in [5.41, 5.74) is 3.36. The van der Waals surface area contributed by atoms with Gasteiger partial charge >= 0.3 is 0 Å². The highest BCUT2D eigenvalue weighted by molar-refractivity contribution is 6.30. The summed E-state index contributed by atoms with van der Waals surface area (Å²) in [6.07, 6.45) is 3.61. The number of likely N-dealkylation sites (tertiary alicyclic amines) is 1. The van der Waals surface area contributed by atoms with E-state index in [9.17, 15) is 4.79 Å². The number of carbonyl (C=O) groups is 1. The van der Waals surface area contributed by atoms with E-state index in [1.54, 1.807) is 13.2 Å². The van der Waals surface area contributed by atoms with Crippen molar-refractivity contribution in [3.05, 3.63) is 71.0 Å². The molecule has 0 unspecified atom stereocenters. The fourth-order valence-corrected chi connectivity index (χ4v) is 4.05. The van der Waals surface area contributed by atoms with Gasteiger partial charge in [0.15, 0.2) is 0 Å². The summed E-state index contributed by atoms with van der Waals surface area (Å²) in [7, 11) is 5.42. The molecule has 3 aromatic rings. The average molecular weight is 437 g/mol. The van der Waals surface area contributed by atoms with Gasteiger partial charge in [0.2, 0.25) is 5.95 Å².